The minimum atomic E-state index is -0.469. The van der Waals surface area contributed by atoms with Gasteiger partial charge in [-0.3, -0.25) is 9.69 Å². The van der Waals surface area contributed by atoms with Crippen molar-refractivity contribution in [3.63, 3.8) is 0 Å². The highest BCUT2D eigenvalue weighted by atomic mass is 79.9. The Morgan fingerprint density at radius 1 is 1.21 bits per heavy atom. The number of urea groups is 1. The number of carbonyl (C=O) groups excluding carboxylic acids is 2. The highest BCUT2D eigenvalue weighted by molar-refractivity contribution is 9.10. The van der Waals surface area contributed by atoms with Gasteiger partial charge < -0.3 is 14.8 Å². The van der Waals surface area contributed by atoms with Crippen molar-refractivity contribution in [2.24, 2.45) is 0 Å². The smallest absolute Gasteiger partial charge is 0.329 e. The zero-order chi connectivity index (χ0) is 20.3. The Morgan fingerprint density at radius 2 is 1.93 bits per heavy atom. The highest BCUT2D eigenvalue weighted by Crippen LogP contribution is 2.37. The van der Waals surface area contributed by atoms with Gasteiger partial charge in [-0.05, 0) is 48.4 Å². The Hall–Kier alpha value is -2.51. The topological polar surface area (TPSA) is 67.9 Å². The number of nitrogens with one attached hydrogen (secondary N) is 1. The van der Waals surface area contributed by atoms with E-state index in [9.17, 15) is 9.59 Å². The van der Waals surface area contributed by atoms with Gasteiger partial charge in [-0.1, -0.05) is 39.7 Å². The number of carbonyl (C=O) groups is 2. The second-order valence-corrected chi connectivity index (χ2v) is 7.30. The van der Waals surface area contributed by atoms with Gasteiger partial charge in [0.15, 0.2) is 11.5 Å². The summed E-state index contributed by atoms with van der Waals surface area (Å²) in [4.78, 5) is 26.1. The third-order valence-electron chi connectivity index (χ3n) is 4.06. The molecule has 3 amide bonds. The number of imide groups is 1. The SMILES string of the molecule is CCOc1cc(/C=C2/NC(=O)N(Cc3ccc(Br)cc3)C2=O)cc(Cl)c1OC. The molecule has 1 fully saturated rings. The normalized spacial score (nSPS) is 15.1. The van der Waals surface area contributed by atoms with Crippen molar-refractivity contribution in [1.29, 1.82) is 0 Å². The number of rotatable bonds is 6. The third-order valence-corrected chi connectivity index (χ3v) is 4.87. The van der Waals surface area contributed by atoms with Crippen LogP contribution in [0, 0.1) is 0 Å². The van der Waals surface area contributed by atoms with Crippen molar-refractivity contribution in [2.45, 2.75) is 13.5 Å². The molecule has 1 heterocycles. The van der Waals surface area contributed by atoms with Crippen LogP contribution < -0.4 is 14.8 Å². The van der Waals surface area contributed by atoms with Gasteiger partial charge >= 0.3 is 6.03 Å². The molecule has 0 unspecified atom stereocenters. The summed E-state index contributed by atoms with van der Waals surface area (Å²) in [6.45, 7) is 2.46. The van der Waals surface area contributed by atoms with Crippen molar-refractivity contribution in [1.82, 2.24) is 10.2 Å². The third kappa shape index (κ3) is 4.31. The summed E-state index contributed by atoms with van der Waals surface area (Å²) in [6.07, 6.45) is 1.57. The number of methoxy groups -OCH3 is 1. The Labute approximate surface area is 176 Å². The molecule has 1 aliphatic heterocycles. The lowest BCUT2D eigenvalue weighted by Gasteiger charge is -2.12. The number of halogens is 2. The van der Waals surface area contributed by atoms with E-state index >= 15 is 0 Å². The van der Waals surface area contributed by atoms with E-state index in [4.69, 9.17) is 21.1 Å². The molecule has 0 bridgehead atoms. The van der Waals surface area contributed by atoms with Crippen LogP contribution in [-0.2, 0) is 11.3 Å². The van der Waals surface area contributed by atoms with E-state index in [-0.39, 0.29) is 12.2 Å². The quantitative estimate of drug-likeness (QED) is 0.500. The minimum absolute atomic E-state index is 0.172. The van der Waals surface area contributed by atoms with Crippen LogP contribution in [0.2, 0.25) is 5.02 Å². The van der Waals surface area contributed by atoms with Crippen LogP contribution in [-0.4, -0.2) is 30.6 Å². The Morgan fingerprint density at radius 3 is 2.57 bits per heavy atom. The Balaban J connectivity index is 1.86. The van der Waals surface area contributed by atoms with Gasteiger partial charge in [0.05, 0.1) is 25.3 Å². The molecule has 0 aromatic heterocycles. The molecule has 1 aliphatic rings. The number of hydrogen-bond acceptors (Lipinski definition) is 4. The van der Waals surface area contributed by atoms with Crippen molar-refractivity contribution in [3.8, 4) is 11.5 Å². The molecule has 0 radical (unpaired) electrons. The van der Waals surface area contributed by atoms with Crippen LogP contribution in [0.1, 0.15) is 18.1 Å². The monoisotopic (exact) mass is 464 g/mol. The summed E-state index contributed by atoms with van der Waals surface area (Å²) in [5.41, 5.74) is 1.63. The first-order chi connectivity index (χ1) is 13.4. The molecular weight excluding hydrogens is 448 g/mol. The van der Waals surface area contributed by atoms with Crippen molar-refractivity contribution < 1.29 is 19.1 Å². The van der Waals surface area contributed by atoms with E-state index < -0.39 is 11.9 Å². The summed E-state index contributed by atoms with van der Waals surface area (Å²) in [5, 5.41) is 2.96. The van der Waals surface area contributed by atoms with Crippen LogP contribution in [0.3, 0.4) is 0 Å². The average Bonchev–Trinajstić information content (AvgIpc) is 2.91. The molecule has 0 spiro atoms. The lowest BCUT2D eigenvalue weighted by atomic mass is 10.1. The van der Waals surface area contributed by atoms with Crippen molar-refractivity contribution in [3.05, 3.63) is 62.7 Å². The molecule has 0 saturated carbocycles. The van der Waals surface area contributed by atoms with E-state index in [1.54, 1.807) is 18.2 Å². The maximum absolute atomic E-state index is 12.7. The Kier molecular flexibility index (Phi) is 6.26. The summed E-state index contributed by atoms with van der Waals surface area (Å²) >= 11 is 9.61. The lowest BCUT2D eigenvalue weighted by molar-refractivity contribution is -0.123. The van der Waals surface area contributed by atoms with E-state index in [1.807, 2.05) is 31.2 Å². The first-order valence-corrected chi connectivity index (χ1v) is 9.69. The van der Waals surface area contributed by atoms with Gasteiger partial charge in [0.25, 0.3) is 5.91 Å². The van der Waals surface area contributed by atoms with Gasteiger partial charge in [-0.15, -0.1) is 0 Å². The predicted molar refractivity (Wildman–Crippen MR) is 110 cm³/mol. The first-order valence-electron chi connectivity index (χ1n) is 8.52. The summed E-state index contributed by atoms with van der Waals surface area (Å²) < 4.78 is 11.7. The van der Waals surface area contributed by atoms with Crippen LogP contribution in [0.5, 0.6) is 11.5 Å². The number of ether oxygens (including phenoxy) is 2. The molecular formula is C20H18BrClN2O4. The molecule has 1 N–H and O–H groups in total. The van der Waals surface area contributed by atoms with Gasteiger partial charge in [0.2, 0.25) is 0 Å². The molecule has 0 atom stereocenters. The fourth-order valence-electron chi connectivity index (χ4n) is 2.79. The van der Waals surface area contributed by atoms with Gasteiger partial charge in [0.1, 0.15) is 5.70 Å². The predicted octanol–water partition coefficient (Wildman–Crippen LogP) is 4.60. The second-order valence-electron chi connectivity index (χ2n) is 5.97. The number of benzene rings is 2. The van der Waals surface area contributed by atoms with Gasteiger partial charge in [-0.25, -0.2) is 4.79 Å². The van der Waals surface area contributed by atoms with Crippen LogP contribution >= 0.6 is 27.5 Å². The summed E-state index contributed by atoms with van der Waals surface area (Å²) in [5.74, 6) is 0.481. The zero-order valence-corrected chi connectivity index (χ0v) is 17.6. The minimum Gasteiger partial charge on any atom is -0.491 e. The van der Waals surface area contributed by atoms with Crippen LogP contribution in [0.15, 0.2) is 46.6 Å². The molecule has 0 aliphatic carbocycles. The zero-order valence-electron chi connectivity index (χ0n) is 15.3. The van der Waals surface area contributed by atoms with Crippen LogP contribution in [0.25, 0.3) is 6.08 Å². The van der Waals surface area contributed by atoms with Crippen molar-refractivity contribution in [2.75, 3.05) is 13.7 Å². The largest absolute Gasteiger partial charge is 0.491 e. The lowest BCUT2D eigenvalue weighted by Crippen LogP contribution is -2.30. The molecule has 1 saturated heterocycles. The first kappa shape index (κ1) is 20.2. The average molecular weight is 466 g/mol. The molecule has 2 aromatic carbocycles. The second kappa shape index (κ2) is 8.67. The summed E-state index contributed by atoms with van der Waals surface area (Å²) in [6, 6.07) is 10.3. The molecule has 146 valence electrons. The van der Waals surface area contributed by atoms with E-state index in [0.29, 0.717) is 28.7 Å². The fourth-order valence-corrected chi connectivity index (χ4v) is 3.35. The van der Waals surface area contributed by atoms with Gasteiger partial charge in [0, 0.05) is 4.47 Å². The van der Waals surface area contributed by atoms with E-state index in [2.05, 4.69) is 21.2 Å². The standard InChI is InChI=1S/C20H18BrClN2O4/c1-3-28-17-10-13(8-15(22)18(17)27-2)9-16-19(25)24(20(26)23-16)11-12-4-6-14(21)7-5-12/h4-10H,3,11H2,1-2H3,(H,23,26)/b16-9+. The number of nitrogens with zero attached hydrogens (tertiary/aromatic N) is 1. The van der Waals surface area contributed by atoms with Gasteiger partial charge in [-0.2, -0.15) is 0 Å². The maximum Gasteiger partial charge on any atom is 0.329 e. The summed E-state index contributed by atoms with van der Waals surface area (Å²) in [7, 11) is 1.50. The Bertz CT molecular complexity index is 944. The fraction of sp³-hybridized carbons (Fsp3) is 0.200. The number of amides is 3. The molecule has 8 heteroatoms. The molecule has 2 aromatic rings. The number of hydrogen-bond donors (Lipinski definition) is 1. The molecule has 6 nitrogen and oxygen atoms in total. The van der Waals surface area contributed by atoms with E-state index in [1.165, 1.54) is 7.11 Å². The molecule has 28 heavy (non-hydrogen) atoms. The maximum atomic E-state index is 12.7. The van der Waals surface area contributed by atoms with Crippen LogP contribution in [0.4, 0.5) is 4.79 Å². The highest BCUT2D eigenvalue weighted by Gasteiger charge is 2.33. The van der Waals surface area contributed by atoms with E-state index in [0.717, 1.165) is 14.9 Å². The van der Waals surface area contributed by atoms with Crippen molar-refractivity contribution >= 4 is 45.5 Å². The molecule has 3 rings (SSSR count).